The average Bonchev–Trinajstić information content (AvgIpc) is 3.01. The van der Waals surface area contributed by atoms with E-state index in [1.807, 2.05) is 32.0 Å². The van der Waals surface area contributed by atoms with Crippen LogP contribution >= 0.6 is 0 Å². The van der Waals surface area contributed by atoms with Crippen molar-refractivity contribution < 1.29 is 4.79 Å². The molecule has 2 rings (SSSR count). The van der Waals surface area contributed by atoms with Crippen molar-refractivity contribution in [3.63, 3.8) is 0 Å². The third-order valence-corrected chi connectivity index (χ3v) is 3.38. The number of benzene rings is 1. The van der Waals surface area contributed by atoms with Crippen molar-refractivity contribution in [3.05, 3.63) is 30.1 Å². The molecule has 0 bridgehead atoms. The van der Waals surface area contributed by atoms with Gasteiger partial charge in [0.25, 0.3) is 0 Å². The van der Waals surface area contributed by atoms with E-state index in [1.54, 1.807) is 4.68 Å². The number of carbonyl (C=O) groups is 1. The summed E-state index contributed by atoms with van der Waals surface area (Å²) in [5.41, 5.74) is 8.04. The predicted molar refractivity (Wildman–Crippen MR) is 80.0 cm³/mol. The van der Waals surface area contributed by atoms with Crippen LogP contribution in [0, 0.1) is 12.8 Å². The van der Waals surface area contributed by atoms with E-state index < -0.39 is 0 Å². The average molecular weight is 288 g/mol. The minimum Gasteiger partial charge on any atom is -0.330 e. The van der Waals surface area contributed by atoms with E-state index in [1.165, 1.54) is 6.33 Å². The van der Waals surface area contributed by atoms with Gasteiger partial charge < -0.3 is 11.1 Å². The summed E-state index contributed by atoms with van der Waals surface area (Å²) >= 11 is 0. The lowest BCUT2D eigenvalue weighted by molar-refractivity contribution is -0.119. The van der Waals surface area contributed by atoms with E-state index in [0.717, 1.165) is 29.8 Å². The highest BCUT2D eigenvalue weighted by Crippen LogP contribution is 2.20. The number of carbonyl (C=O) groups excluding carboxylic acids is 1. The van der Waals surface area contributed by atoms with Crippen LogP contribution in [0.1, 0.15) is 25.3 Å². The molecule has 3 N–H and O–H groups in total. The summed E-state index contributed by atoms with van der Waals surface area (Å²) in [5, 5.41) is 14.0. The third kappa shape index (κ3) is 3.85. The molecule has 0 spiro atoms. The maximum Gasteiger partial charge on any atom is 0.227 e. The molecule has 2 aromatic rings. The minimum atomic E-state index is -0.0651. The summed E-state index contributed by atoms with van der Waals surface area (Å²) in [6, 6.07) is 5.69. The first-order valence-corrected chi connectivity index (χ1v) is 6.96. The number of amides is 1. The van der Waals surface area contributed by atoms with E-state index in [9.17, 15) is 4.79 Å². The molecule has 0 radical (unpaired) electrons. The summed E-state index contributed by atoms with van der Waals surface area (Å²) in [7, 11) is 0. The highest BCUT2D eigenvalue weighted by atomic mass is 16.1. The molecular formula is C14H20N6O. The maximum atomic E-state index is 12.2. The maximum absolute atomic E-state index is 12.2. The Hall–Kier alpha value is -2.28. The zero-order valence-electron chi connectivity index (χ0n) is 12.3. The molecule has 1 aromatic heterocycles. The van der Waals surface area contributed by atoms with E-state index in [-0.39, 0.29) is 11.8 Å². The van der Waals surface area contributed by atoms with Gasteiger partial charge >= 0.3 is 0 Å². The molecule has 0 aliphatic carbocycles. The van der Waals surface area contributed by atoms with Gasteiger partial charge in [0, 0.05) is 11.6 Å². The zero-order chi connectivity index (χ0) is 15.2. The van der Waals surface area contributed by atoms with Crippen molar-refractivity contribution in [1.82, 2.24) is 20.2 Å². The van der Waals surface area contributed by atoms with Crippen molar-refractivity contribution in [2.24, 2.45) is 11.7 Å². The van der Waals surface area contributed by atoms with Crippen LogP contribution < -0.4 is 11.1 Å². The molecular weight excluding hydrogens is 268 g/mol. The quantitative estimate of drug-likeness (QED) is 0.834. The highest BCUT2D eigenvalue weighted by molar-refractivity contribution is 5.93. The normalized spacial score (nSPS) is 12.1. The number of rotatable bonds is 6. The van der Waals surface area contributed by atoms with Crippen LogP contribution in [0.5, 0.6) is 0 Å². The number of nitrogens with one attached hydrogen (secondary N) is 1. The van der Waals surface area contributed by atoms with Gasteiger partial charge in [0.2, 0.25) is 5.91 Å². The fourth-order valence-corrected chi connectivity index (χ4v) is 1.98. The summed E-state index contributed by atoms with van der Waals surface area (Å²) in [4.78, 5) is 12.2. The lowest BCUT2D eigenvalue weighted by atomic mass is 10.0. The van der Waals surface area contributed by atoms with Crippen molar-refractivity contribution >= 4 is 11.6 Å². The molecule has 0 saturated heterocycles. The Labute approximate surface area is 123 Å². The van der Waals surface area contributed by atoms with E-state index in [4.69, 9.17) is 5.73 Å². The number of nitrogens with zero attached hydrogens (tertiary/aromatic N) is 4. The SMILES string of the molecule is Cc1ccc(-n2cnnn2)cc1NC(=O)C(C)CCCN. The number of hydrogen-bond donors (Lipinski definition) is 2. The van der Waals surface area contributed by atoms with Crippen LogP contribution in [0.3, 0.4) is 0 Å². The second-order valence-corrected chi connectivity index (χ2v) is 5.07. The first-order chi connectivity index (χ1) is 10.1. The number of nitrogens with two attached hydrogens (primary N) is 1. The Morgan fingerprint density at radius 3 is 2.95 bits per heavy atom. The number of hydrogen-bond acceptors (Lipinski definition) is 5. The van der Waals surface area contributed by atoms with E-state index in [0.29, 0.717) is 6.54 Å². The Balaban J connectivity index is 2.12. The Morgan fingerprint density at radius 1 is 1.48 bits per heavy atom. The molecule has 7 nitrogen and oxygen atoms in total. The van der Waals surface area contributed by atoms with Crippen molar-refractivity contribution in [2.45, 2.75) is 26.7 Å². The lowest BCUT2D eigenvalue weighted by Gasteiger charge is -2.14. The van der Waals surface area contributed by atoms with Crippen LogP contribution in [0.4, 0.5) is 5.69 Å². The van der Waals surface area contributed by atoms with Crippen LogP contribution in [-0.2, 0) is 4.79 Å². The summed E-state index contributed by atoms with van der Waals surface area (Å²) in [6.45, 7) is 4.46. The topological polar surface area (TPSA) is 98.7 Å². The molecule has 1 unspecified atom stereocenters. The Bertz CT molecular complexity index is 596. The second kappa shape index (κ2) is 6.94. The summed E-state index contributed by atoms with van der Waals surface area (Å²) in [6.07, 6.45) is 3.15. The van der Waals surface area contributed by atoms with Gasteiger partial charge in [0.1, 0.15) is 6.33 Å². The molecule has 1 amide bonds. The van der Waals surface area contributed by atoms with Crippen LogP contribution in [0.25, 0.3) is 5.69 Å². The minimum absolute atomic E-state index is 0.000385. The molecule has 21 heavy (non-hydrogen) atoms. The van der Waals surface area contributed by atoms with Gasteiger partial charge in [-0.05, 0) is 54.4 Å². The molecule has 1 aromatic carbocycles. The monoisotopic (exact) mass is 288 g/mol. The largest absolute Gasteiger partial charge is 0.330 e. The number of anilines is 1. The molecule has 112 valence electrons. The van der Waals surface area contributed by atoms with Crippen LogP contribution in [-0.4, -0.2) is 32.7 Å². The molecule has 1 atom stereocenters. The van der Waals surface area contributed by atoms with Gasteiger partial charge in [0.15, 0.2) is 0 Å². The highest BCUT2D eigenvalue weighted by Gasteiger charge is 2.14. The third-order valence-electron chi connectivity index (χ3n) is 3.38. The fraction of sp³-hybridized carbons (Fsp3) is 0.429. The first-order valence-electron chi connectivity index (χ1n) is 6.96. The summed E-state index contributed by atoms with van der Waals surface area (Å²) in [5.74, 6) is -0.0648. The standard InChI is InChI=1S/C14H20N6O/c1-10-5-6-12(20-9-16-18-19-20)8-13(10)17-14(21)11(2)4-3-7-15/h5-6,8-9,11H,3-4,7,15H2,1-2H3,(H,17,21). The van der Waals surface area contributed by atoms with Crippen molar-refractivity contribution in [1.29, 1.82) is 0 Å². The van der Waals surface area contributed by atoms with E-state index in [2.05, 4.69) is 20.8 Å². The first kappa shape index (κ1) is 15.1. The second-order valence-electron chi connectivity index (χ2n) is 5.07. The molecule has 0 fully saturated rings. The number of aryl methyl sites for hydroxylation is 1. The number of tetrazole rings is 1. The number of aromatic nitrogens is 4. The fourth-order valence-electron chi connectivity index (χ4n) is 1.98. The molecule has 0 aliphatic rings. The van der Waals surface area contributed by atoms with Crippen molar-refractivity contribution in [2.75, 3.05) is 11.9 Å². The molecule has 0 aliphatic heterocycles. The Morgan fingerprint density at radius 2 is 2.29 bits per heavy atom. The van der Waals surface area contributed by atoms with Gasteiger partial charge in [-0.15, -0.1) is 5.10 Å². The smallest absolute Gasteiger partial charge is 0.227 e. The van der Waals surface area contributed by atoms with Crippen LogP contribution in [0.15, 0.2) is 24.5 Å². The van der Waals surface area contributed by atoms with Gasteiger partial charge in [0.05, 0.1) is 5.69 Å². The van der Waals surface area contributed by atoms with Gasteiger partial charge in [-0.1, -0.05) is 13.0 Å². The molecule has 1 heterocycles. The Kier molecular flexibility index (Phi) is 4.99. The summed E-state index contributed by atoms with van der Waals surface area (Å²) < 4.78 is 1.55. The molecule has 0 saturated carbocycles. The van der Waals surface area contributed by atoms with Gasteiger partial charge in [-0.2, -0.15) is 0 Å². The lowest BCUT2D eigenvalue weighted by Crippen LogP contribution is -2.21. The predicted octanol–water partition coefficient (Wildman–Crippen LogP) is 1.28. The van der Waals surface area contributed by atoms with Gasteiger partial charge in [-0.25, -0.2) is 4.68 Å². The zero-order valence-corrected chi connectivity index (χ0v) is 12.3. The van der Waals surface area contributed by atoms with E-state index >= 15 is 0 Å². The van der Waals surface area contributed by atoms with Crippen LogP contribution in [0.2, 0.25) is 0 Å². The van der Waals surface area contributed by atoms with Gasteiger partial charge in [-0.3, -0.25) is 4.79 Å². The van der Waals surface area contributed by atoms with Crippen molar-refractivity contribution in [3.8, 4) is 5.69 Å². The molecule has 7 heteroatoms.